The first-order valence-electron chi connectivity index (χ1n) is 9.05. The Morgan fingerprint density at radius 3 is 2.89 bits per heavy atom. The Bertz CT molecular complexity index is 870. The molecule has 28 heavy (non-hydrogen) atoms. The number of aromatic amines is 1. The number of nitrogens with one attached hydrogen (secondary N) is 4. The van der Waals surface area contributed by atoms with Gasteiger partial charge >= 0.3 is 6.03 Å². The van der Waals surface area contributed by atoms with E-state index in [1.54, 1.807) is 5.01 Å². The second-order valence-electron chi connectivity index (χ2n) is 6.57. The van der Waals surface area contributed by atoms with Crippen LogP contribution in [-0.4, -0.2) is 33.7 Å². The predicted molar refractivity (Wildman–Crippen MR) is 98.0 cm³/mol. The van der Waals surface area contributed by atoms with E-state index in [0.29, 0.717) is 25.5 Å². The van der Waals surface area contributed by atoms with Crippen molar-refractivity contribution in [2.24, 2.45) is 0 Å². The first-order valence-corrected chi connectivity index (χ1v) is 9.05. The Morgan fingerprint density at radius 1 is 1.29 bits per heavy atom. The van der Waals surface area contributed by atoms with E-state index in [1.165, 1.54) is 0 Å². The van der Waals surface area contributed by atoms with Crippen LogP contribution >= 0.6 is 0 Å². The molecule has 1 aliphatic heterocycles. The van der Waals surface area contributed by atoms with E-state index in [9.17, 15) is 18.4 Å². The number of carbonyl (C=O) groups excluding carboxylic acids is 2. The Kier molecular flexibility index (Phi) is 6.19. The second kappa shape index (κ2) is 8.79. The highest BCUT2D eigenvalue weighted by Crippen LogP contribution is 2.26. The van der Waals surface area contributed by atoms with Gasteiger partial charge in [0.15, 0.2) is 5.82 Å². The molecule has 0 spiro atoms. The van der Waals surface area contributed by atoms with Gasteiger partial charge < -0.3 is 10.6 Å². The summed E-state index contributed by atoms with van der Waals surface area (Å²) in [5.41, 5.74) is 4.21. The molecule has 8 nitrogen and oxygen atoms in total. The van der Waals surface area contributed by atoms with Gasteiger partial charge in [0.25, 0.3) is 0 Å². The normalized spacial score (nSPS) is 13.2. The summed E-state index contributed by atoms with van der Waals surface area (Å²) in [6.07, 6.45) is 1.58. The standard InChI is InChI=1S/C18H22F2N6O2/c1-2-3-6-21-18(28)25-26-9-13-15(10-26)23-24-17(13)22-16(27)8-11-7-12(19)4-5-14(11)20/h4-5,7H,2-3,6,8-10H2,1H3,(H2,21,25,28)(H2,22,23,24,27). The number of amides is 3. The van der Waals surface area contributed by atoms with Crippen molar-refractivity contribution in [2.75, 3.05) is 11.9 Å². The molecule has 10 heteroatoms. The fourth-order valence-corrected chi connectivity index (χ4v) is 2.91. The van der Waals surface area contributed by atoms with Crippen molar-refractivity contribution < 1.29 is 18.4 Å². The summed E-state index contributed by atoms with van der Waals surface area (Å²) in [4.78, 5) is 24.0. The highest BCUT2D eigenvalue weighted by molar-refractivity contribution is 5.92. The molecule has 2 heterocycles. The molecule has 0 radical (unpaired) electrons. The number of unbranched alkanes of at least 4 members (excludes halogenated alkanes) is 1. The highest BCUT2D eigenvalue weighted by atomic mass is 19.1. The quantitative estimate of drug-likeness (QED) is 0.543. The van der Waals surface area contributed by atoms with Gasteiger partial charge in [-0.3, -0.25) is 15.3 Å². The number of halogens is 2. The van der Waals surface area contributed by atoms with E-state index in [1.807, 2.05) is 6.92 Å². The SMILES string of the molecule is CCCCNC(=O)NN1Cc2[nH]nc(NC(=O)Cc3cc(F)ccc3F)c2C1. The minimum atomic E-state index is -0.645. The van der Waals surface area contributed by atoms with Gasteiger partial charge in [0.1, 0.15) is 11.6 Å². The summed E-state index contributed by atoms with van der Waals surface area (Å²) in [7, 11) is 0. The number of benzene rings is 1. The largest absolute Gasteiger partial charge is 0.337 e. The zero-order chi connectivity index (χ0) is 20.1. The third-order valence-corrected chi connectivity index (χ3v) is 4.34. The zero-order valence-corrected chi connectivity index (χ0v) is 15.4. The molecule has 150 valence electrons. The fourth-order valence-electron chi connectivity index (χ4n) is 2.91. The van der Waals surface area contributed by atoms with Gasteiger partial charge in [0.05, 0.1) is 18.7 Å². The number of urea groups is 1. The highest BCUT2D eigenvalue weighted by Gasteiger charge is 2.27. The van der Waals surface area contributed by atoms with Crippen molar-refractivity contribution in [2.45, 2.75) is 39.3 Å². The molecular formula is C18H22F2N6O2. The number of hydrogen-bond donors (Lipinski definition) is 4. The molecule has 0 saturated heterocycles. The zero-order valence-electron chi connectivity index (χ0n) is 15.4. The minimum absolute atomic E-state index is 0.0308. The minimum Gasteiger partial charge on any atom is -0.337 e. The lowest BCUT2D eigenvalue weighted by molar-refractivity contribution is -0.115. The number of hydrogen-bond acceptors (Lipinski definition) is 4. The summed E-state index contributed by atoms with van der Waals surface area (Å²) in [6.45, 7) is 3.41. The molecule has 1 aromatic carbocycles. The molecule has 1 aromatic heterocycles. The molecule has 0 fully saturated rings. The maximum absolute atomic E-state index is 13.7. The van der Waals surface area contributed by atoms with E-state index in [-0.39, 0.29) is 18.0 Å². The number of hydrazine groups is 1. The summed E-state index contributed by atoms with van der Waals surface area (Å²) >= 11 is 0. The first-order chi connectivity index (χ1) is 13.5. The van der Waals surface area contributed by atoms with Crippen LogP contribution in [0.3, 0.4) is 0 Å². The van der Waals surface area contributed by atoms with Crippen LogP contribution in [0, 0.1) is 11.6 Å². The number of aromatic nitrogens is 2. The van der Waals surface area contributed by atoms with Crippen LogP contribution in [0.25, 0.3) is 0 Å². The van der Waals surface area contributed by atoms with Gasteiger partial charge in [0, 0.05) is 24.2 Å². The molecule has 2 aromatic rings. The topological polar surface area (TPSA) is 102 Å². The van der Waals surface area contributed by atoms with E-state index < -0.39 is 17.5 Å². The van der Waals surface area contributed by atoms with Crippen molar-refractivity contribution in [1.29, 1.82) is 0 Å². The van der Waals surface area contributed by atoms with E-state index in [0.717, 1.165) is 42.3 Å². The van der Waals surface area contributed by atoms with Crippen molar-refractivity contribution in [3.8, 4) is 0 Å². The van der Waals surface area contributed by atoms with Gasteiger partial charge in [-0.2, -0.15) is 5.10 Å². The van der Waals surface area contributed by atoms with E-state index >= 15 is 0 Å². The van der Waals surface area contributed by atoms with Crippen LogP contribution in [0.2, 0.25) is 0 Å². The molecule has 3 amide bonds. The number of rotatable bonds is 7. The average Bonchev–Trinajstić information content (AvgIpc) is 3.19. The maximum atomic E-state index is 13.7. The van der Waals surface area contributed by atoms with E-state index in [2.05, 4.69) is 26.3 Å². The van der Waals surface area contributed by atoms with Crippen LogP contribution in [0.15, 0.2) is 18.2 Å². The lowest BCUT2D eigenvalue weighted by atomic mass is 10.1. The molecule has 3 rings (SSSR count). The number of fused-ring (bicyclic) bond motifs is 1. The van der Waals surface area contributed by atoms with Crippen molar-refractivity contribution in [3.05, 3.63) is 46.7 Å². The number of anilines is 1. The molecule has 1 aliphatic rings. The second-order valence-corrected chi connectivity index (χ2v) is 6.57. The summed E-state index contributed by atoms with van der Waals surface area (Å²) in [6, 6.07) is 2.68. The molecule has 0 unspecified atom stereocenters. The van der Waals surface area contributed by atoms with Crippen molar-refractivity contribution in [3.63, 3.8) is 0 Å². The smallest absolute Gasteiger partial charge is 0.329 e. The average molecular weight is 392 g/mol. The van der Waals surface area contributed by atoms with Crippen molar-refractivity contribution >= 4 is 17.8 Å². The van der Waals surface area contributed by atoms with Crippen LogP contribution in [0.4, 0.5) is 19.4 Å². The van der Waals surface area contributed by atoms with Crippen LogP contribution in [-0.2, 0) is 24.3 Å². The van der Waals surface area contributed by atoms with Gasteiger partial charge in [0.2, 0.25) is 5.91 Å². The van der Waals surface area contributed by atoms with Crippen LogP contribution in [0.5, 0.6) is 0 Å². The molecule has 4 N–H and O–H groups in total. The Labute approximate surface area is 160 Å². The third kappa shape index (κ3) is 4.83. The summed E-state index contributed by atoms with van der Waals surface area (Å²) < 4.78 is 26.9. The number of nitrogens with zero attached hydrogens (tertiary/aromatic N) is 2. The van der Waals surface area contributed by atoms with Gasteiger partial charge in [-0.25, -0.2) is 18.6 Å². The summed E-state index contributed by atoms with van der Waals surface area (Å²) in [5, 5.41) is 13.9. The Morgan fingerprint density at radius 2 is 2.11 bits per heavy atom. The van der Waals surface area contributed by atoms with Crippen LogP contribution < -0.4 is 16.1 Å². The number of H-pyrrole nitrogens is 1. The molecule has 0 aliphatic carbocycles. The summed E-state index contributed by atoms with van der Waals surface area (Å²) in [5.74, 6) is -1.45. The number of carbonyl (C=O) groups is 2. The van der Waals surface area contributed by atoms with Gasteiger partial charge in [-0.15, -0.1) is 0 Å². The monoisotopic (exact) mass is 392 g/mol. The van der Waals surface area contributed by atoms with Gasteiger partial charge in [-0.05, 0) is 24.6 Å². The predicted octanol–water partition coefficient (Wildman–Crippen LogP) is 2.20. The first kappa shape index (κ1) is 19.7. The fraction of sp³-hybridized carbons (Fsp3) is 0.389. The Balaban J connectivity index is 1.55. The maximum Gasteiger partial charge on any atom is 0.329 e. The molecular weight excluding hydrogens is 370 g/mol. The lowest BCUT2D eigenvalue weighted by Gasteiger charge is -2.17. The Hall–Kier alpha value is -3.01. The molecule has 0 atom stereocenters. The van der Waals surface area contributed by atoms with E-state index in [4.69, 9.17) is 0 Å². The molecule has 0 saturated carbocycles. The lowest BCUT2D eigenvalue weighted by Crippen LogP contribution is -2.45. The third-order valence-electron chi connectivity index (χ3n) is 4.34. The molecule has 0 bridgehead atoms. The van der Waals surface area contributed by atoms with Gasteiger partial charge in [-0.1, -0.05) is 13.3 Å². The van der Waals surface area contributed by atoms with Crippen LogP contribution in [0.1, 0.15) is 36.6 Å². The van der Waals surface area contributed by atoms with Crippen molar-refractivity contribution in [1.82, 2.24) is 25.9 Å².